The molecule has 0 radical (unpaired) electrons. The van der Waals surface area contributed by atoms with Crippen molar-refractivity contribution in [3.8, 4) is 5.19 Å². The number of carbonyl (C=O) groups is 1. The summed E-state index contributed by atoms with van der Waals surface area (Å²) in [5.41, 5.74) is 0.754. The second-order valence-corrected chi connectivity index (χ2v) is 10.4. The number of rotatable bonds is 7. The van der Waals surface area contributed by atoms with E-state index in [1.54, 1.807) is 25.3 Å². The maximum absolute atomic E-state index is 15.5. The molecule has 2 aromatic heterocycles. The highest BCUT2D eigenvalue weighted by Gasteiger charge is 2.36. The number of nitrogens with one attached hydrogen (secondary N) is 1. The minimum absolute atomic E-state index is 0.0417. The SMILES string of the molecule is Cc1ncccc1C(=O)NC1CCC(F)(CCN2CCc3nc(OCC(F)(F)F)sc3CC2)CC1. The van der Waals surface area contributed by atoms with Gasteiger partial charge in [0.15, 0.2) is 6.61 Å². The highest BCUT2D eigenvalue weighted by atomic mass is 32.1. The minimum atomic E-state index is -4.38. The Morgan fingerprint density at radius 3 is 2.74 bits per heavy atom. The van der Waals surface area contributed by atoms with E-state index in [9.17, 15) is 18.0 Å². The predicted molar refractivity (Wildman–Crippen MR) is 125 cm³/mol. The number of fused-ring (bicyclic) bond motifs is 1. The number of hydrogen-bond acceptors (Lipinski definition) is 6. The molecule has 192 valence electrons. The number of ether oxygens (including phenoxy) is 1. The van der Waals surface area contributed by atoms with Crippen LogP contribution in [0.4, 0.5) is 17.6 Å². The van der Waals surface area contributed by atoms with Gasteiger partial charge >= 0.3 is 6.18 Å². The van der Waals surface area contributed by atoms with Gasteiger partial charge in [-0.25, -0.2) is 9.37 Å². The minimum Gasteiger partial charge on any atom is -0.460 e. The number of thiazole rings is 1. The van der Waals surface area contributed by atoms with E-state index in [1.165, 1.54) is 11.3 Å². The molecule has 0 saturated heterocycles. The maximum Gasteiger partial charge on any atom is 0.422 e. The smallest absolute Gasteiger partial charge is 0.422 e. The zero-order valence-electron chi connectivity index (χ0n) is 19.7. The summed E-state index contributed by atoms with van der Waals surface area (Å²) in [6, 6.07) is 3.43. The largest absolute Gasteiger partial charge is 0.460 e. The Hall–Kier alpha value is -2.27. The molecule has 0 atom stereocenters. The lowest BCUT2D eigenvalue weighted by Gasteiger charge is -2.35. The standard InChI is InChI=1S/C24H30F4N4O2S/c1-16-18(3-2-11-29-16)21(33)30-17-4-8-23(25,9-5-17)10-14-32-12-6-19-20(7-13-32)35-22(31-19)34-15-24(26,27)28/h2-3,11,17H,4-10,12-15H2,1H3,(H,30,33). The Balaban J connectivity index is 1.20. The van der Waals surface area contributed by atoms with Gasteiger partial charge in [-0.1, -0.05) is 11.3 Å². The van der Waals surface area contributed by atoms with Crippen LogP contribution in [0.15, 0.2) is 18.3 Å². The van der Waals surface area contributed by atoms with Crippen LogP contribution in [0.2, 0.25) is 0 Å². The quantitative estimate of drug-likeness (QED) is 0.545. The number of halogens is 4. The molecule has 11 heteroatoms. The number of carbonyl (C=O) groups excluding carboxylic acids is 1. The summed E-state index contributed by atoms with van der Waals surface area (Å²) in [6.07, 6.45) is 0.994. The number of amides is 1. The van der Waals surface area contributed by atoms with Crippen molar-refractivity contribution in [2.45, 2.75) is 69.8 Å². The van der Waals surface area contributed by atoms with Gasteiger partial charge in [-0.3, -0.25) is 9.78 Å². The first-order chi connectivity index (χ1) is 16.6. The predicted octanol–water partition coefficient (Wildman–Crippen LogP) is 4.66. The fourth-order valence-electron chi connectivity index (χ4n) is 4.69. The highest BCUT2D eigenvalue weighted by molar-refractivity contribution is 7.13. The average Bonchev–Trinajstić information content (AvgIpc) is 3.11. The molecule has 4 rings (SSSR count). The monoisotopic (exact) mass is 514 g/mol. The van der Waals surface area contributed by atoms with Gasteiger partial charge in [0.05, 0.1) is 11.3 Å². The lowest BCUT2D eigenvalue weighted by molar-refractivity contribution is -0.153. The topological polar surface area (TPSA) is 67.4 Å². The van der Waals surface area contributed by atoms with E-state index in [4.69, 9.17) is 4.74 Å². The molecule has 1 aliphatic carbocycles. The van der Waals surface area contributed by atoms with E-state index >= 15 is 4.39 Å². The number of hydrogen-bond donors (Lipinski definition) is 1. The molecule has 35 heavy (non-hydrogen) atoms. The van der Waals surface area contributed by atoms with Gasteiger partial charge in [-0.15, -0.1) is 0 Å². The molecule has 3 heterocycles. The van der Waals surface area contributed by atoms with Crippen LogP contribution in [0, 0.1) is 6.92 Å². The van der Waals surface area contributed by atoms with E-state index in [1.807, 2.05) is 0 Å². The Bertz CT molecular complexity index is 996. The Kier molecular flexibility index (Phi) is 7.95. The van der Waals surface area contributed by atoms with Crippen molar-refractivity contribution < 1.29 is 27.1 Å². The molecule has 0 aromatic carbocycles. The van der Waals surface area contributed by atoms with Gasteiger partial charge in [0.2, 0.25) is 0 Å². The Morgan fingerprint density at radius 2 is 2.03 bits per heavy atom. The van der Waals surface area contributed by atoms with Gasteiger partial charge in [-0.2, -0.15) is 13.2 Å². The van der Waals surface area contributed by atoms with Crippen LogP contribution in [0.5, 0.6) is 5.19 Å². The summed E-state index contributed by atoms with van der Waals surface area (Å²) in [5.74, 6) is -0.162. The van der Waals surface area contributed by atoms with E-state index in [0.29, 0.717) is 75.8 Å². The van der Waals surface area contributed by atoms with E-state index < -0.39 is 18.5 Å². The van der Waals surface area contributed by atoms with Gasteiger partial charge in [0.1, 0.15) is 5.67 Å². The molecule has 2 aliphatic rings. The number of aromatic nitrogens is 2. The fraction of sp³-hybridized carbons (Fsp3) is 0.625. The van der Waals surface area contributed by atoms with E-state index in [-0.39, 0.29) is 17.1 Å². The van der Waals surface area contributed by atoms with Crippen LogP contribution in [0.1, 0.15) is 58.7 Å². The highest BCUT2D eigenvalue weighted by Crippen LogP contribution is 2.36. The van der Waals surface area contributed by atoms with Gasteiger partial charge in [0.25, 0.3) is 11.1 Å². The molecule has 1 amide bonds. The first kappa shape index (κ1) is 25.8. The number of nitrogens with zero attached hydrogens (tertiary/aromatic N) is 3. The molecule has 0 unspecified atom stereocenters. The fourth-order valence-corrected chi connectivity index (χ4v) is 5.63. The van der Waals surface area contributed by atoms with Crippen LogP contribution in [0.3, 0.4) is 0 Å². The first-order valence-electron chi connectivity index (χ1n) is 11.9. The number of aryl methyl sites for hydroxylation is 1. The molecular formula is C24H30F4N4O2S. The molecule has 1 N–H and O–H groups in total. The van der Waals surface area contributed by atoms with Crippen molar-refractivity contribution in [2.24, 2.45) is 0 Å². The number of alkyl halides is 4. The second kappa shape index (κ2) is 10.8. The van der Waals surface area contributed by atoms with Crippen LogP contribution >= 0.6 is 11.3 Å². The summed E-state index contributed by atoms with van der Waals surface area (Å²) in [7, 11) is 0. The number of pyridine rings is 1. The molecule has 1 saturated carbocycles. The molecule has 0 bridgehead atoms. The maximum atomic E-state index is 15.5. The van der Waals surface area contributed by atoms with Crippen LogP contribution in [-0.2, 0) is 12.8 Å². The summed E-state index contributed by atoms with van der Waals surface area (Å²) in [5, 5.41) is 3.08. The van der Waals surface area contributed by atoms with Crippen LogP contribution < -0.4 is 10.1 Å². The van der Waals surface area contributed by atoms with Crippen LogP contribution in [-0.4, -0.2) is 64.9 Å². The average molecular weight is 515 g/mol. The van der Waals surface area contributed by atoms with E-state index in [2.05, 4.69) is 20.2 Å². The lowest BCUT2D eigenvalue weighted by atomic mass is 9.81. The van der Waals surface area contributed by atoms with Gasteiger partial charge in [-0.05, 0) is 57.6 Å². The molecule has 1 aliphatic heterocycles. The van der Waals surface area contributed by atoms with E-state index in [0.717, 1.165) is 10.6 Å². The lowest BCUT2D eigenvalue weighted by Crippen LogP contribution is -2.43. The zero-order chi connectivity index (χ0) is 25.1. The second-order valence-electron chi connectivity index (χ2n) is 9.38. The van der Waals surface area contributed by atoms with Crippen LogP contribution in [0.25, 0.3) is 0 Å². The summed E-state index contributed by atoms with van der Waals surface area (Å²) < 4.78 is 57.4. The first-order valence-corrected chi connectivity index (χ1v) is 12.7. The summed E-state index contributed by atoms with van der Waals surface area (Å²) >= 11 is 1.17. The third kappa shape index (κ3) is 7.13. The normalized spacial score (nSPS) is 23.4. The molecule has 0 spiro atoms. The van der Waals surface area contributed by atoms with Gasteiger partial charge < -0.3 is 15.0 Å². The third-order valence-electron chi connectivity index (χ3n) is 6.78. The summed E-state index contributed by atoms with van der Waals surface area (Å²) in [4.78, 5) is 24.0. The molecule has 1 fully saturated rings. The Labute approximate surface area is 206 Å². The van der Waals surface area contributed by atoms with Crippen molar-refractivity contribution >= 4 is 17.2 Å². The molecule has 6 nitrogen and oxygen atoms in total. The van der Waals surface area contributed by atoms with Crippen molar-refractivity contribution in [1.82, 2.24) is 20.2 Å². The van der Waals surface area contributed by atoms with Gasteiger partial charge in [0, 0.05) is 48.9 Å². The zero-order valence-corrected chi connectivity index (χ0v) is 20.5. The third-order valence-corrected chi connectivity index (χ3v) is 7.85. The Morgan fingerprint density at radius 1 is 1.29 bits per heavy atom. The molecule has 2 aromatic rings. The van der Waals surface area contributed by atoms with Crippen molar-refractivity contribution in [3.63, 3.8) is 0 Å². The van der Waals surface area contributed by atoms with Crippen molar-refractivity contribution in [2.75, 3.05) is 26.2 Å². The summed E-state index contributed by atoms with van der Waals surface area (Å²) in [6.45, 7) is 2.48. The van der Waals surface area contributed by atoms with Crippen molar-refractivity contribution in [3.05, 3.63) is 40.2 Å². The van der Waals surface area contributed by atoms with Crippen molar-refractivity contribution in [1.29, 1.82) is 0 Å². The molecular weight excluding hydrogens is 484 g/mol.